The Hall–Kier alpha value is -1.93. The van der Waals surface area contributed by atoms with E-state index in [0.29, 0.717) is 17.0 Å². The van der Waals surface area contributed by atoms with E-state index in [1.165, 1.54) is 6.07 Å². The standard InChI is InChI=1S/C11H13N3O4S/c1-7-10(8(2)18-14-7)6-13-19(16,17)9-3-4-11(15)12-5-9/h3-5,13H,6H2,1-2H3,(H,12,15). The number of pyridine rings is 1. The monoisotopic (exact) mass is 283 g/mol. The zero-order chi connectivity index (χ0) is 14.0. The second-order valence-corrected chi connectivity index (χ2v) is 5.78. The van der Waals surface area contributed by atoms with Crippen LogP contribution in [-0.2, 0) is 16.6 Å². The minimum absolute atomic E-state index is 0.00106. The summed E-state index contributed by atoms with van der Waals surface area (Å²) in [6.45, 7) is 3.53. The highest BCUT2D eigenvalue weighted by atomic mass is 32.2. The molecule has 0 unspecified atom stereocenters. The third-order valence-electron chi connectivity index (χ3n) is 2.69. The molecule has 0 spiro atoms. The van der Waals surface area contributed by atoms with E-state index in [-0.39, 0.29) is 17.0 Å². The molecule has 2 aromatic rings. The highest BCUT2D eigenvalue weighted by Gasteiger charge is 2.16. The summed E-state index contributed by atoms with van der Waals surface area (Å²) in [4.78, 5) is 13.2. The molecule has 2 heterocycles. The van der Waals surface area contributed by atoms with Gasteiger partial charge in [0, 0.05) is 24.4 Å². The van der Waals surface area contributed by atoms with Gasteiger partial charge < -0.3 is 9.51 Å². The number of aromatic nitrogens is 2. The lowest BCUT2D eigenvalue weighted by atomic mass is 10.2. The van der Waals surface area contributed by atoms with Crippen LogP contribution in [0.15, 0.2) is 32.5 Å². The number of aromatic amines is 1. The number of rotatable bonds is 4. The summed E-state index contributed by atoms with van der Waals surface area (Å²) in [6, 6.07) is 2.40. The largest absolute Gasteiger partial charge is 0.361 e. The molecule has 0 aromatic carbocycles. The van der Waals surface area contributed by atoms with Crippen LogP contribution in [0.3, 0.4) is 0 Å². The Morgan fingerprint density at radius 1 is 1.37 bits per heavy atom. The molecule has 0 aliphatic rings. The van der Waals surface area contributed by atoms with E-state index in [4.69, 9.17) is 4.52 Å². The van der Waals surface area contributed by atoms with Crippen LogP contribution < -0.4 is 10.3 Å². The molecule has 0 saturated heterocycles. The topological polar surface area (TPSA) is 105 Å². The fourth-order valence-electron chi connectivity index (χ4n) is 1.57. The average Bonchev–Trinajstić information content (AvgIpc) is 2.67. The van der Waals surface area contributed by atoms with Gasteiger partial charge in [-0.15, -0.1) is 0 Å². The second-order valence-electron chi connectivity index (χ2n) is 4.02. The van der Waals surface area contributed by atoms with Gasteiger partial charge in [0.2, 0.25) is 15.6 Å². The van der Waals surface area contributed by atoms with Gasteiger partial charge >= 0.3 is 0 Å². The lowest BCUT2D eigenvalue weighted by Gasteiger charge is -2.05. The number of aryl methyl sites for hydroxylation is 2. The molecule has 2 aromatic heterocycles. The van der Waals surface area contributed by atoms with Gasteiger partial charge in [0.15, 0.2) is 0 Å². The maximum Gasteiger partial charge on any atom is 0.247 e. The van der Waals surface area contributed by atoms with Gasteiger partial charge in [0.25, 0.3) is 0 Å². The molecule has 0 bridgehead atoms. The van der Waals surface area contributed by atoms with Gasteiger partial charge in [-0.05, 0) is 19.9 Å². The van der Waals surface area contributed by atoms with Crippen molar-refractivity contribution in [2.24, 2.45) is 0 Å². The van der Waals surface area contributed by atoms with Crippen molar-refractivity contribution >= 4 is 10.0 Å². The van der Waals surface area contributed by atoms with Crippen molar-refractivity contribution in [3.63, 3.8) is 0 Å². The van der Waals surface area contributed by atoms with Crippen molar-refractivity contribution in [2.45, 2.75) is 25.3 Å². The van der Waals surface area contributed by atoms with Crippen LogP contribution in [0.25, 0.3) is 0 Å². The number of sulfonamides is 1. The van der Waals surface area contributed by atoms with Gasteiger partial charge in [-0.2, -0.15) is 0 Å². The molecule has 0 aliphatic carbocycles. The summed E-state index contributed by atoms with van der Waals surface area (Å²) in [7, 11) is -3.68. The molecule has 8 heteroatoms. The van der Waals surface area contributed by atoms with Crippen molar-refractivity contribution in [2.75, 3.05) is 0 Å². The number of H-pyrrole nitrogens is 1. The summed E-state index contributed by atoms with van der Waals surface area (Å²) >= 11 is 0. The normalized spacial score (nSPS) is 11.7. The molecule has 19 heavy (non-hydrogen) atoms. The van der Waals surface area contributed by atoms with E-state index in [1.54, 1.807) is 13.8 Å². The molecule has 102 valence electrons. The predicted octanol–water partition coefficient (Wildman–Crippen LogP) is 0.458. The van der Waals surface area contributed by atoms with Gasteiger partial charge in [0.05, 0.1) is 10.6 Å². The number of hydrogen-bond acceptors (Lipinski definition) is 5. The third kappa shape index (κ3) is 2.91. The summed E-state index contributed by atoms with van der Waals surface area (Å²) in [5, 5.41) is 3.74. The van der Waals surface area contributed by atoms with Crippen LogP contribution in [0.5, 0.6) is 0 Å². The fourth-order valence-corrected chi connectivity index (χ4v) is 2.53. The van der Waals surface area contributed by atoms with E-state index in [2.05, 4.69) is 14.9 Å². The quantitative estimate of drug-likeness (QED) is 0.848. The lowest BCUT2D eigenvalue weighted by Crippen LogP contribution is -2.24. The maximum absolute atomic E-state index is 12.0. The maximum atomic E-state index is 12.0. The molecule has 0 atom stereocenters. The summed E-state index contributed by atoms with van der Waals surface area (Å²) < 4.78 is 31.3. The van der Waals surface area contributed by atoms with Crippen LogP contribution in [-0.4, -0.2) is 18.6 Å². The van der Waals surface area contributed by atoms with E-state index in [1.807, 2.05) is 0 Å². The SMILES string of the molecule is Cc1noc(C)c1CNS(=O)(=O)c1ccc(=O)[nH]c1. The first kappa shape index (κ1) is 13.5. The average molecular weight is 283 g/mol. The first-order valence-electron chi connectivity index (χ1n) is 5.50. The highest BCUT2D eigenvalue weighted by Crippen LogP contribution is 2.13. The van der Waals surface area contributed by atoms with Gasteiger partial charge in [0.1, 0.15) is 5.76 Å². The molecular weight excluding hydrogens is 270 g/mol. The molecule has 7 nitrogen and oxygen atoms in total. The number of hydrogen-bond donors (Lipinski definition) is 2. The molecule has 0 saturated carbocycles. The lowest BCUT2D eigenvalue weighted by molar-refractivity contribution is 0.392. The van der Waals surface area contributed by atoms with E-state index < -0.39 is 10.0 Å². The zero-order valence-corrected chi connectivity index (χ0v) is 11.2. The Morgan fingerprint density at radius 2 is 2.11 bits per heavy atom. The molecule has 0 aliphatic heterocycles. The van der Waals surface area contributed by atoms with Crippen molar-refractivity contribution in [3.8, 4) is 0 Å². The van der Waals surface area contributed by atoms with Crippen LogP contribution in [0.1, 0.15) is 17.0 Å². The van der Waals surface area contributed by atoms with Crippen LogP contribution in [0.4, 0.5) is 0 Å². The zero-order valence-electron chi connectivity index (χ0n) is 10.4. The van der Waals surface area contributed by atoms with Crippen LogP contribution in [0.2, 0.25) is 0 Å². The fraction of sp³-hybridized carbons (Fsp3) is 0.273. The van der Waals surface area contributed by atoms with Crippen molar-refractivity contribution in [1.29, 1.82) is 0 Å². The summed E-state index contributed by atoms with van der Waals surface area (Å²) in [5.74, 6) is 0.571. The third-order valence-corrected chi connectivity index (χ3v) is 4.09. The first-order chi connectivity index (χ1) is 8.90. The molecule has 0 amide bonds. The molecule has 2 N–H and O–H groups in total. The van der Waals surface area contributed by atoms with Gasteiger partial charge in [-0.3, -0.25) is 4.79 Å². The predicted molar refractivity (Wildman–Crippen MR) is 67.1 cm³/mol. The van der Waals surface area contributed by atoms with Gasteiger partial charge in [-0.25, -0.2) is 13.1 Å². The van der Waals surface area contributed by atoms with Crippen LogP contribution in [0, 0.1) is 13.8 Å². The van der Waals surface area contributed by atoms with Crippen molar-refractivity contribution in [1.82, 2.24) is 14.9 Å². The summed E-state index contributed by atoms with van der Waals surface area (Å²) in [5.41, 5.74) is 0.986. The number of nitrogens with zero attached hydrogens (tertiary/aromatic N) is 1. The minimum atomic E-state index is -3.68. The van der Waals surface area contributed by atoms with E-state index in [9.17, 15) is 13.2 Å². The number of nitrogens with one attached hydrogen (secondary N) is 2. The first-order valence-corrected chi connectivity index (χ1v) is 6.98. The van der Waals surface area contributed by atoms with Crippen molar-refractivity contribution < 1.29 is 12.9 Å². The minimum Gasteiger partial charge on any atom is -0.361 e. The Labute approximate surface area is 109 Å². The second kappa shape index (κ2) is 4.98. The smallest absolute Gasteiger partial charge is 0.247 e. The van der Waals surface area contributed by atoms with Crippen molar-refractivity contribution in [3.05, 3.63) is 45.7 Å². The Bertz CT molecular complexity index is 706. The van der Waals surface area contributed by atoms with E-state index in [0.717, 1.165) is 12.3 Å². The molecular formula is C11H13N3O4S. The molecule has 2 rings (SSSR count). The molecule has 0 radical (unpaired) electrons. The highest BCUT2D eigenvalue weighted by molar-refractivity contribution is 7.89. The molecule has 0 fully saturated rings. The van der Waals surface area contributed by atoms with Gasteiger partial charge in [-0.1, -0.05) is 5.16 Å². The Kier molecular flexibility index (Phi) is 3.54. The van der Waals surface area contributed by atoms with E-state index >= 15 is 0 Å². The van der Waals surface area contributed by atoms with Crippen LogP contribution >= 0.6 is 0 Å². The summed E-state index contributed by atoms with van der Waals surface area (Å²) in [6.07, 6.45) is 1.15. The Balaban J connectivity index is 2.19. The Morgan fingerprint density at radius 3 is 2.63 bits per heavy atom.